The van der Waals surface area contributed by atoms with E-state index in [1.54, 1.807) is 26.0 Å². The molecule has 1 N–H and O–H groups in total. The Morgan fingerprint density at radius 1 is 1.50 bits per heavy atom. The third-order valence-electron chi connectivity index (χ3n) is 2.03. The Morgan fingerprint density at radius 3 is 2.94 bits per heavy atom. The molecule has 0 saturated heterocycles. The van der Waals surface area contributed by atoms with E-state index in [-0.39, 0.29) is 11.7 Å². The summed E-state index contributed by atoms with van der Waals surface area (Å²) in [6.07, 6.45) is -0.231. The van der Waals surface area contributed by atoms with Crippen molar-refractivity contribution >= 4 is 27.5 Å². The van der Waals surface area contributed by atoms with Gasteiger partial charge in [-0.05, 0) is 31.4 Å². The highest BCUT2D eigenvalue weighted by Gasteiger charge is 2.14. The average Bonchev–Trinajstić information content (AvgIpc) is 2.61. The van der Waals surface area contributed by atoms with Gasteiger partial charge in [0.1, 0.15) is 5.56 Å². The number of nitrogens with one attached hydrogen (secondary N) is 1. The highest BCUT2D eigenvalue weighted by molar-refractivity contribution is 7.17. The van der Waals surface area contributed by atoms with Crippen molar-refractivity contribution in [2.75, 3.05) is 0 Å². The first-order valence-corrected chi connectivity index (χ1v) is 5.77. The zero-order valence-electron chi connectivity index (χ0n) is 8.94. The van der Waals surface area contributed by atoms with Crippen molar-refractivity contribution < 1.29 is 9.53 Å². The van der Waals surface area contributed by atoms with Crippen molar-refractivity contribution in [1.29, 1.82) is 0 Å². The van der Waals surface area contributed by atoms with E-state index in [1.165, 1.54) is 11.3 Å². The van der Waals surface area contributed by atoms with Crippen molar-refractivity contribution in [2.45, 2.75) is 20.0 Å². The predicted molar refractivity (Wildman–Crippen MR) is 63.0 cm³/mol. The fourth-order valence-electron chi connectivity index (χ4n) is 1.35. The molecule has 2 heterocycles. The summed E-state index contributed by atoms with van der Waals surface area (Å²) in [7, 11) is 0. The smallest absolute Gasteiger partial charge is 0.344 e. The van der Waals surface area contributed by atoms with Crippen LogP contribution in [-0.2, 0) is 4.74 Å². The van der Waals surface area contributed by atoms with Crippen LogP contribution >= 0.6 is 11.3 Å². The second-order valence-electron chi connectivity index (χ2n) is 3.66. The molecule has 0 aliphatic heterocycles. The molecule has 0 aromatic carbocycles. The van der Waals surface area contributed by atoms with Crippen molar-refractivity contribution in [3.63, 3.8) is 0 Å². The van der Waals surface area contributed by atoms with Crippen LogP contribution < -0.4 is 5.56 Å². The summed E-state index contributed by atoms with van der Waals surface area (Å²) in [5.74, 6) is -0.577. The first kappa shape index (κ1) is 10.9. The number of aromatic nitrogens is 1. The number of aromatic amines is 1. The zero-order valence-corrected chi connectivity index (χ0v) is 9.76. The molecule has 0 saturated carbocycles. The molecule has 2 aromatic heterocycles. The van der Waals surface area contributed by atoms with Gasteiger partial charge in [-0.2, -0.15) is 0 Å². The summed E-state index contributed by atoms with van der Waals surface area (Å²) in [4.78, 5) is 25.9. The SMILES string of the molecule is CC(C)OC(=O)c1cc2sccc2[nH]c1=O. The van der Waals surface area contributed by atoms with Gasteiger partial charge in [0.25, 0.3) is 5.56 Å². The van der Waals surface area contributed by atoms with E-state index < -0.39 is 11.5 Å². The molecule has 0 spiro atoms. The second-order valence-corrected chi connectivity index (χ2v) is 4.61. The minimum absolute atomic E-state index is 0.0589. The van der Waals surface area contributed by atoms with Gasteiger partial charge in [-0.25, -0.2) is 4.79 Å². The molecule has 5 heteroatoms. The van der Waals surface area contributed by atoms with Crippen LogP contribution in [0.4, 0.5) is 0 Å². The summed E-state index contributed by atoms with van der Waals surface area (Å²) >= 11 is 1.47. The third kappa shape index (κ3) is 1.99. The molecule has 4 nitrogen and oxygen atoms in total. The second kappa shape index (κ2) is 4.09. The molecule has 2 rings (SSSR count). The maximum Gasteiger partial charge on any atom is 0.344 e. The van der Waals surface area contributed by atoms with Crippen molar-refractivity contribution in [1.82, 2.24) is 4.98 Å². The maximum absolute atomic E-state index is 11.6. The minimum atomic E-state index is -0.577. The van der Waals surface area contributed by atoms with Crippen LogP contribution in [0.5, 0.6) is 0 Å². The van der Waals surface area contributed by atoms with Crippen LogP contribution in [0.2, 0.25) is 0 Å². The predicted octanol–water partition coefficient (Wildman–Crippen LogP) is 2.15. The topological polar surface area (TPSA) is 59.2 Å². The molecule has 0 amide bonds. The molecule has 16 heavy (non-hydrogen) atoms. The van der Waals surface area contributed by atoms with Crippen LogP contribution in [-0.4, -0.2) is 17.1 Å². The number of fused-ring (bicyclic) bond motifs is 1. The Bertz CT molecular complexity index is 582. The van der Waals surface area contributed by atoms with Crippen molar-refractivity contribution in [2.24, 2.45) is 0 Å². The number of rotatable bonds is 2. The Hall–Kier alpha value is -1.62. The zero-order chi connectivity index (χ0) is 11.7. The van der Waals surface area contributed by atoms with Crippen molar-refractivity contribution in [3.05, 3.63) is 33.4 Å². The molecule has 0 fully saturated rings. The van der Waals surface area contributed by atoms with Gasteiger partial charge in [-0.15, -0.1) is 11.3 Å². The fraction of sp³-hybridized carbons (Fsp3) is 0.273. The van der Waals surface area contributed by atoms with E-state index in [4.69, 9.17) is 4.74 Å². The molecule has 0 radical (unpaired) electrons. The molecule has 0 bridgehead atoms. The average molecular weight is 237 g/mol. The molecule has 0 aliphatic carbocycles. The summed E-state index contributed by atoms with van der Waals surface area (Å²) in [6.45, 7) is 3.49. The first-order chi connectivity index (χ1) is 7.58. The lowest BCUT2D eigenvalue weighted by molar-refractivity contribution is 0.0376. The molecule has 0 atom stereocenters. The lowest BCUT2D eigenvalue weighted by atomic mass is 10.2. The number of carbonyl (C=O) groups is 1. The lowest BCUT2D eigenvalue weighted by Crippen LogP contribution is -2.21. The molecule has 0 aliphatic rings. The number of H-pyrrole nitrogens is 1. The van der Waals surface area contributed by atoms with Gasteiger partial charge < -0.3 is 9.72 Å². The number of hydrogen-bond acceptors (Lipinski definition) is 4. The standard InChI is InChI=1S/C11H11NO3S/c1-6(2)15-11(14)7-5-9-8(3-4-16-9)12-10(7)13/h3-6H,1-2H3,(H,12,13). The Labute approximate surface area is 95.9 Å². The summed E-state index contributed by atoms with van der Waals surface area (Å²) < 4.78 is 5.86. The fourth-order valence-corrected chi connectivity index (χ4v) is 2.13. The quantitative estimate of drug-likeness (QED) is 0.814. The van der Waals surface area contributed by atoms with E-state index in [1.807, 2.05) is 5.38 Å². The number of carbonyl (C=O) groups excluding carboxylic acids is 1. The van der Waals surface area contributed by atoms with Gasteiger partial charge in [0.05, 0.1) is 16.3 Å². The lowest BCUT2D eigenvalue weighted by Gasteiger charge is -2.06. The normalized spacial score (nSPS) is 10.9. The van der Waals surface area contributed by atoms with Gasteiger partial charge in [0, 0.05) is 0 Å². The van der Waals surface area contributed by atoms with Crippen LogP contribution in [0.3, 0.4) is 0 Å². The first-order valence-electron chi connectivity index (χ1n) is 4.89. The Kier molecular flexibility index (Phi) is 2.78. The molecular weight excluding hydrogens is 226 g/mol. The van der Waals surface area contributed by atoms with Gasteiger partial charge >= 0.3 is 5.97 Å². The highest BCUT2D eigenvalue weighted by atomic mass is 32.1. The largest absolute Gasteiger partial charge is 0.459 e. The third-order valence-corrected chi connectivity index (χ3v) is 2.89. The number of hydrogen-bond donors (Lipinski definition) is 1. The summed E-state index contributed by atoms with van der Waals surface area (Å²) in [5, 5.41) is 1.86. The van der Waals surface area contributed by atoms with Crippen molar-refractivity contribution in [3.8, 4) is 0 Å². The highest BCUT2D eigenvalue weighted by Crippen LogP contribution is 2.18. The number of thiophene rings is 1. The minimum Gasteiger partial charge on any atom is -0.459 e. The van der Waals surface area contributed by atoms with Gasteiger partial charge in [0.15, 0.2) is 0 Å². The maximum atomic E-state index is 11.6. The van der Waals surface area contributed by atoms with Crippen LogP contribution in [0, 0.1) is 0 Å². The van der Waals surface area contributed by atoms with Crippen LogP contribution in [0.1, 0.15) is 24.2 Å². The molecule has 84 valence electrons. The molecular formula is C11H11NO3S. The Morgan fingerprint density at radius 2 is 2.25 bits per heavy atom. The molecule has 0 unspecified atom stereocenters. The van der Waals surface area contributed by atoms with E-state index in [0.717, 1.165) is 10.2 Å². The van der Waals surface area contributed by atoms with Gasteiger partial charge in [0.2, 0.25) is 0 Å². The van der Waals surface area contributed by atoms with Crippen LogP contribution in [0.25, 0.3) is 10.2 Å². The van der Waals surface area contributed by atoms with E-state index in [0.29, 0.717) is 0 Å². The number of ether oxygens (including phenoxy) is 1. The van der Waals surface area contributed by atoms with E-state index in [9.17, 15) is 9.59 Å². The van der Waals surface area contributed by atoms with Gasteiger partial charge in [-0.3, -0.25) is 4.79 Å². The summed E-state index contributed by atoms with van der Waals surface area (Å²) in [5.41, 5.74) is 0.399. The Balaban J connectivity index is 2.47. The van der Waals surface area contributed by atoms with Crippen LogP contribution in [0.15, 0.2) is 22.3 Å². The van der Waals surface area contributed by atoms with E-state index >= 15 is 0 Å². The molecule has 2 aromatic rings. The monoisotopic (exact) mass is 237 g/mol. The van der Waals surface area contributed by atoms with E-state index in [2.05, 4.69) is 4.98 Å². The van der Waals surface area contributed by atoms with Gasteiger partial charge in [-0.1, -0.05) is 0 Å². The number of esters is 1. The number of pyridine rings is 1. The summed E-state index contributed by atoms with van der Waals surface area (Å²) in [6, 6.07) is 3.38.